The van der Waals surface area contributed by atoms with Crippen LogP contribution in [0.25, 0.3) is 0 Å². The minimum absolute atomic E-state index is 0.00547. The third-order valence-electron chi connectivity index (χ3n) is 9.99. The average Bonchev–Trinajstić information content (AvgIpc) is 3.07. The Bertz CT molecular complexity index is 794. The van der Waals surface area contributed by atoms with Gasteiger partial charge in [0, 0.05) is 24.9 Å². The van der Waals surface area contributed by atoms with Crippen molar-refractivity contribution in [2.75, 3.05) is 7.05 Å². The van der Waals surface area contributed by atoms with E-state index < -0.39 is 28.7 Å². The lowest BCUT2D eigenvalue weighted by Crippen LogP contribution is -2.70. The normalized spacial score (nSPS) is 47.8. The van der Waals surface area contributed by atoms with Gasteiger partial charge in [-0.05, 0) is 61.7 Å². The van der Waals surface area contributed by atoms with Crippen LogP contribution in [0.2, 0.25) is 0 Å². The van der Waals surface area contributed by atoms with Crippen molar-refractivity contribution in [1.82, 2.24) is 4.90 Å². The van der Waals surface area contributed by atoms with Crippen LogP contribution in [-0.4, -0.2) is 46.0 Å². The summed E-state index contributed by atoms with van der Waals surface area (Å²) in [7, 11) is 1.73. The first-order valence-electron chi connectivity index (χ1n) is 11.4. The third kappa shape index (κ3) is 2.57. The lowest BCUT2D eigenvalue weighted by Gasteiger charge is -2.67. The number of likely N-dealkylation sites (tertiary alicyclic amines) is 1. The van der Waals surface area contributed by atoms with Gasteiger partial charge in [-0.25, -0.2) is 0 Å². The van der Waals surface area contributed by atoms with Crippen molar-refractivity contribution in [1.29, 1.82) is 0 Å². The molecule has 0 spiro atoms. The summed E-state index contributed by atoms with van der Waals surface area (Å²) >= 11 is 0. The molecule has 3 aliphatic carbocycles. The molecule has 6 nitrogen and oxygen atoms in total. The molecule has 2 N–H and O–H groups in total. The van der Waals surface area contributed by atoms with E-state index in [2.05, 4.69) is 13.5 Å². The lowest BCUT2D eigenvalue weighted by molar-refractivity contribution is -0.215. The first-order valence-corrected chi connectivity index (χ1v) is 11.4. The Morgan fingerprint density at radius 1 is 1.20 bits per heavy atom. The van der Waals surface area contributed by atoms with Crippen LogP contribution in [0.15, 0.2) is 12.7 Å². The highest BCUT2D eigenvalue weighted by molar-refractivity contribution is 5.85. The van der Waals surface area contributed by atoms with Crippen molar-refractivity contribution in [3.63, 3.8) is 0 Å². The van der Waals surface area contributed by atoms with Crippen LogP contribution in [-0.2, 0) is 14.4 Å². The van der Waals surface area contributed by atoms with Crippen LogP contribution >= 0.6 is 0 Å². The number of carboxylic acids is 2. The second kappa shape index (κ2) is 6.83. The summed E-state index contributed by atoms with van der Waals surface area (Å²) in [5.41, 5.74) is -1.49. The monoisotopic (exact) mass is 417 g/mol. The smallest absolute Gasteiger partial charge is 0.310 e. The zero-order valence-corrected chi connectivity index (χ0v) is 18.4. The second-order valence-electron chi connectivity index (χ2n) is 11.0. The van der Waals surface area contributed by atoms with Crippen LogP contribution in [0.5, 0.6) is 0 Å². The fourth-order valence-electron chi connectivity index (χ4n) is 8.45. The fourth-order valence-corrected chi connectivity index (χ4v) is 8.45. The zero-order valence-electron chi connectivity index (χ0n) is 18.4. The van der Waals surface area contributed by atoms with E-state index in [0.29, 0.717) is 12.8 Å². The number of nitrogens with zero attached hydrogens (tertiary/aromatic N) is 1. The predicted octanol–water partition coefficient (Wildman–Crippen LogP) is 3.81. The van der Waals surface area contributed by atoms with E-state index in [1.807, 2.05) is 6.92 Å². The number of carbonyl (C=O) groups excluding carboxylic acids is 1. The number of hydrogen-bond acceptors (Lipinski definition) is 3. The van der Waals surface area contributed by atoms with E-state index in [0.717, 1.165) is 32.1 Å². The Hall–Kier alpha value is -1.85. The highest BCUT2D eigenvalue weighted by Crippen LogP contribution is 2.70. The largest absolute Gasteiger partial charge is 0.481 e. The average molecular weight is 418 g/mol. The van der Waals surface area contributed by atoms with Gasteiger partial charge in [0.05, 0.1) is 11.3 Å². The maximum Gasteiger partial charge on any atom is 0.310 e. The summed E-state index contributed by atoms with van der Waals surface area (Å²) < 4.78 is 0. The summed E-state index contributed by atoms with van der Waals surface area (Å²) in [5, 5.41) is 20.7. The molecule has 1 heterocycles. The Kier molecular flexibility index (Phi) is 4.87. The molecular formula is C24H35NO5. The molecule has 4 fully saturated rings. The molecular weight excluding hydrogens is 382 g/mol. The standard InChI is InChI=1S/C24H35NO5/c1-5-9-24(21(29)30)13-17-23(3,16(20(27)28)12-18(26)25(17)4)15-8-11-22(2)10-6-7-14(22)19(15)24/h5,14-17,19H,1,6-13H2,2-4H3,(H,27,28)(H,29,30)/t14-,15+,16?,17?,19-,22-,23-,24?/m0/s1. The van der Waals surface area contributed by atoms with Gasteiger partial charge in [-0.2, -0.15) is 0 Å². The van der Waals surface area contributed by atoms with E-state index in [4.69, 9.17) is 0 Å². The molecule has 3 unspecified atom stereocenters. The molecule has 166 valence electrons. The minimum atomic E-state index is -0.998. The van der Waals surface area contributed by atoms with Gasteiger partial charge in [0.25, 0.3) is 0 Å². The lowest BCUT2D eigenvalue weighted by atomic mass is 9.39. The molecule has 0 aromatic heterocycles. The zero-order chi connectivity index (χ0) is 22.1. The molecule has 1 amide bonds. The second-order valence-corrected chi connectivity index (χ2v) is 11.0. The van der Waals surface area contributed by atoms with Gasteiger partial charge >= 0.3 is 11.9 Å². The number of piperidine rings is 1. The Morgan fingerprint density at radius 2 is 1.90 bits per heavy atom. The number of rotatable bonds is 4. The van der Waals surface area contributed by atoms with E-state index in [1.165, 1.54) is 0 Å². The number of carbonyl (C=O) groups is 3. The number of carboxylic acid groups (broad SMARTS) is 2. The SMILES string of the molecule is C=CCC1(C(=O)O)CC2N(C)C(=O)CC(C(=O)O)[C@]2(C)[C@@H]2CC[C@]3(C)CCC[C@H]3[C@@H]21. The highest BCUT2D eigenvalue weighted by Gasteiger charge is 2.70. The predicted molar refractivity (Wildman–Crippen MR) is 112 cm³/mol. The van der Waals surface area contributed by atoms with Gasteiger partial charge in [0.15, 0.2) is 0 Å². The molecule has 1 aliphatic heterocycles. The van der Waals surface area contributed by atoms with Crippen molar-refractivity contribution in [2.45, 2.75) is 71.3 Å². The van der Waals surface area contributed by atoms with Gasteiger partial charge in [-0.15, -0.1) is 6.58 Å². The van der Waals surface area contributed by atoms with Crippen molar-refractivity contribution >= 4 is 17.8 Å². The summed E-state index contributed by atoms with van der Waals surface area (Å²) in [6.07, 6.45) is 7.47. The molecule has 8 atom stereocenters. The number of aliphatic carboxylic acids is 2. The molecule has 6 heteroatoms. The number of amides is 1. The van der Waals surface area contributed by atoms with Crippen molar-refractivity contribution in [2.24, 2.45) is 39.9 Å². The quantitative estimate of drug-likeness (QED) is 0.678. The Balaban J connectivity index is 1.93. The van der Waals surface area contributed by atoms with E-state index in [1.54, 1.807) is 18.0 Å². The molecule has 0 aromatic rings. The van der Waals surface area contributed by atoms with Gasteiger partial charge < -0.3 is 15.1 Å². The molecule has 1 saturated heterocycles. The summed E-state index contributed by atoms with van der Waals surface area (Å²) in [6, 6.07) is -0.386. The number of allylic oxidation sites excluding steroid dienone is 1. The molecule has 0 bridgehead atoms. The highest BCUT2D eigenvalue weighted by atomic mass is 16.4. The van der Waals surface area contributed by atoms with Crippen LogP contribution in [0.1, 0.15) is 65.2 Å². The van der Waals surface area contributed by atoms with Gasteiger partial charge in [0.2, 0.25) is 5.91 Å². The fraction of sp³-hybridized carbons (Fsp3) is 0.792. The van der Waals surface area contributed by atoms with Gasteiger partial charge in [0.1, 0.15) is 0 Å². The maximum atomic E-state index is 12.9. The van der Waals surface area contributed by atoms with Crippen molar-refractivity contribution in [3.8, 4) is 0 Å². The number of hydrogen-bond donors (Lipinski definition) is 2. The summed E-state index contributed by atoms with van der Waals surface area (Å²) in [6.45, 7) is 8.23. The first kappa shape index (κ1) is 21.4. The third-order valence-corrected chi connectivity index (χ3v) is 9.99. The molecule has 0 aromatic carbocycles. The minimum Gasteiger partial charge on any atom is -0.481 e. The molecule has 0 radical (unpaired) electrons. The molecule has 4 aliphatic rings. The topological polar surface area (TPSA) is 94.9 Å². The molecule has 3 saturated carbocycles. The number of fused-ring (bicyclic) bond motifs is 5. The summed E-state index contributed by atoms with van der Waals surface area (Å²) in [4.78, 5) is 39.7. The molecule has 4 rings (SSSR count). The Labute approximate surface area is 178 Å². The van der Waals surface area contributed by atoms with Crippen LogP contribution in [0, 0.1) is 39.9 Å². The van der Waals surface area contributed by atoms with E-state index >= 15 is 0 Å². The van der Waals surface area contributed by atoms with E-state index in [9.17, 15) is 24.6 Å². The maximum absolute atomic E-state index is 12.9. The Morgan fingerprint density at radius 3 is 2.50 bits per heavy atom. The van der Waals surface area contributed by atoms with Gasteiger partial charge in [-0.3, -0.25) is 14.4 Å². The van der Waals surface area contributed by atoms with E-state index in [-0.39, 0.29) is 41.5 Å². The van der Waals surface area contributed by atoms with Crippen LogP contribution in [0.3, 0.4) is 0 Å². The van der Waals surface area contributed by atoms with Crippen molar-refractivity contribution < 1.29 is 24.6 Å². The van der Waals surface area contributed by atoms with Crippen molar-refractivity contribution in [3.05, 3.63) is 12.7 Å². The molecule has 30 heavy (non-hydrogen) atoms. The van der Waals surface area contributed by atoms with Crippen LogP contribution < -0.4 is 0 Å². The van der Waals surface area contributed by atoms with Crippen LogP contribution in [0.4, 0.5) is 0 Å². The summed E-state index contributed by atoms with van der Waals surface area (Å²) in [5.74, 6) is -2.52. The first-order chi connectivity index (χ1) is 14.0. The van der Waals surface area contributed by atoms with Gasteiger partial charge in [-0.1, -0.05) is 26.3 Å².